The average Bonchev–Trinajstić information content (AvgIpc) is 2.94. The molecule has 0 atom stereocenters. The third-order valence-electron chi connectivity index (χ3n) is 3.02. The van der Waals surface area contributed by atoms with E-state index >= 15 is 0 Å². The van der Waals surface area contributed by atoms with Gasteiger partial charge in [0.05, 0.1) is 12.2 Å². The SMILES string of the molecule is CCS(=O)(=O)NCCc1ccc(S(=O)(=O)N(C)CCC(=O)O)s1. The highest BCUT2D eigenvalue weighted by atomic mass is 32.2. The molecule has 0 saturated carbocycles. The van der Waals surface area contributed by atoms with Crippen LogP contribution in [-0.2, 0) is 31.3 Å². The van der Waals surface area contributed by atoms with Crippen molar-refractivity contribution >= 4 is 37.4 Å². The number of nitrogens with zero attached hydrogens (tertiary/aromatic N) is 1. The first-order valence-corrected chi connectivity index (χ1v) is 10.7. The lowest BCUT2D eigenvalue weighted by Crippen LogP contribution is -2.28. The van der Waals surface area contributed by atoms with E-state index in [1.807, 2.05) is 0 Å². The van der Waals surface area contributed by atoms with Crippen molar-refractivity contribution in [2.75, 3.05) is 25.9 Å². The van der Waals surface area contributed by atoms with Crippen molar-refractivity contribution in [1.29, 1.82) is 0 Å². The molecule has 1 aromatic rings. The van der Waals surface area contributed by atoms with Gasteiger partial charge < -0.3 is 5.11 Å². The lowest BCUT2D eigenvalue weighted by molar-refractivity contribution is -0.137. The molecule has 0 aliphatic carbocycles. The number of hydrogen-bond donors (Lipinski definition) is 2. The molecule has 132 valence electrons. The van der Waals surface area contributed by atoms with Crippen LogP contribution in [0.15, 0.2) is 16.3 Å². The van der Waals surface area contributed by atoms with Crippen LogP contribution >= 0.6 is 11.3 Å². The molecule has 11 heteroatoms. The summed E-state index contributed by atoms with van der Waals surface area (Å²) in [6.07, 6.45) is 0.116. The van der Waals surface area contributed by atoms with Gasteiger partial charge in [-0.05, 0) is 25.5 Å². The number of carboxylic acid groups (broad SMARTS) is 1. The molecule has 0 amide bonds. The van der Waals surface area contributed by atoms with E-state index in [4.69, 9.17) is 5.11 Å². The predicted molar refractivity (Wildman–Crippen MR) is 87.6 cm³/mol. The van der Waals surface area contributed by atoms with E-state index in [0.717, 1.165) is 20.5 Å². The molecule has 8 nitrogen and oxygen atoms in total. The van der Waals surface area contributed by atoms with Gasteiger partial charge in [-0.25, -0.2) is 21.6 Å². The summed E-state index contributed by atoms with van der Waals surface area (Å²) in [5, 5.41) is 8.61. The number of thiophene rings is 1. The van der Waals surface area contributed by atoms with E-state index in [0.29, 0.717) is 6.42 Å². The van der Waals surface area contributed by atoms with E-state index in [2.05, 4.69) is 4.72 Å². The molecule has 1 heterocycles. The van der Waals surface area contributed by atoms with Gasteiger partial charge in [0.1, 0.15) is 4.21 Å². The van der Waals surface area contributed by atoms with Gasteiger partial charge in [-0.1, -0.05) is 0 Å². The number of sulfonamides is 2. The van der Waals surface area contributed by atoms with Crippen molar-refractivity contribution in [3.05, 3.63) is 17.0 Å². The Balaban J connectivity index is 2.69. The number of hydrogen-bond acceptors (Lipinski definition) is 6. The van der Waals surface area contributed by atoms with Gasteiger partial charge in [0.25, 0.3) is 10.0 Å². The monoisotopic (exact) mass is 384 g/mol. The van der Waals surface area contributed by atoms with Gasteiger partial charge in [0, 0.05) is 25.0 Å². The minimum Gasteiger partial charge on any atom is -0.481 e. The van der Waals surface area contributed by atoms with Gasteiger partial charge in [-0.2, -0.15) is 4.31 Å². The molecule has 1 rings (SSSR count). The summed E-state index contributed by atoms with van der Waals surface area (Å²) in [5.74, 6) is -1.08. The zero-order chi connectivity index (χ0) is 17.7. The van der Waals surface area contributed by atoms with Crippen LogP contribution in [0.25, 0.3) is 0 Å². The first-order valence-electron chi connectivity index (χ1n) is 6.82. The summed E-state index contributed by atoms with van der Waals surface area (Å²) in [7, 11) is -5.66. The van der Waals surface area contributed by atoms with Crippen LogP contribution in [-0.4, -0.2) is 58.1 Å². The van der Waals surface area contributed by atoms with E-state index in [9.17, 15) is 21.6 Å². The second-order valence-corrected chi connectivity index (χ2v) is 10.3. The van der Waals surface area contributed by atoms with Crippen LogP contribution < -0.4 is 4.72 Å². The minimum absolute atomic E-state index is 0.00849. The normalized spacial score (nSPS) is 12.7. The molecule has 0 spiro atoms. The topological polar surface area (TPSA) is 121 Å². The highest BCUT2D eigenvalue weighted by Crippen LogP contribution is 2.24. The maximum atomic E-state index is 12.3. The summed E-state index contributed by atoms with van der Waals surface area (Å²) >= 11 is 1.05. The largest absolute Gasteiger partial charge is 0.481 e. The summed E-state index contributed by atoms with van der Waals surface area (Å²) in [5.41, 5.74) is 0. The first kappa shape index (κ1) is 20.0. The molecule has 23 heavy (non-hydrogen) atoms. The minimum atomic E-state index is -3.72. The van der Waals surface area contributed by atoms with Crippen molar-refractivity contribution in [1.82, 2.24) is 9.03 Å². The molecule has 0 radical (unpaired) electrons. The van der Waals surface area contributed by atoms with Crippen LogP contribution in [0.1, 0.15) is 18.2 Å². The number of nitrogens with one attached hydrogen (secondary N) is 1. The van der Waals surface area contributed by atoms with E-state index in [1.165, 1.54) is 20.0 Å². The maximum Gasteiger partial charge on any atom is 0.304 e. The zero-order valence-corrected chi connectivity index (χ0v) is 15.3. The van der Waals surface area contributed by atoms with E-state index < -0.39 is 26.0 Å². The fraction of sp³-hybridized carbons (Fsp3) is 0.583. The number of aliphatic carboxylic acids is 1. The smallest absolute Gasteiger partial charge is 0.304 e. The highest BCUT2D eigenvalue weighted by Gasteiger charge is 2.23. The van der Waals surface area contributed by atoms with Crippen LogP contribution in [0.5, 0.6) is 0 Å². The van der Waals surface area contributed by atoms with Gasteiger partial charge in [0.15, 0.2) is 0 Å². The summed E-state index contributed by atoms with van der Waals surface area (Å²) in [6.45, 7) is 1.62. The van der Waals surface area contributed by atoms with E-state index in [1.54, 1.807) is 6.07 Å². The van der Waals surface area contributed by atoms with Crippen molar-refractivity contribution in [3.63, 3.8) is 0 Å². The lowest BCUT2D eigenvalue weighted by atomic mass is 10.3. The Kier molecular flexibility index (Phi) is 7.14. The van der Waals surface area contributed by atoms with Gasteiger partial charge in [0.2, 0.25) is 10.0 Å². The Labute approximate surface area is 140 Å². The van der Waals surface area contributed by atoms with Crippen LogP contribution in [0, 0.1) is 0 Å². The van der Waals surface area contributed by atoms with Crippen LogP contribution in [0.3, 0.4) is 0 Å². The van der Waals surface area contributed by atoms with Crippen molar-refractivity contribution < 1.29 is 26.7 Å². The predicted octanol–water partition coefficient (Wildman–Crippen LogP) is 0.325. The Morgan fingerprint density at radius 2 is 1.96 bits per heavy atom. The molecule has 0 aromatic carbocycles. The number of rotatable bonds is 10. The molecule has 0 bridgehead atoms. The summed E-state index contributed by atoms with van der Waals surface area (Å²) < 4.78 is 50.7. The summed E-state index contributed by atoms with van der Waals surface area (Å²) in [6, 6.07) is 3.07. The van der Waals surface area contributed by atoms with E-state index in [-0.39, 0.29) is 29.5 Å². The third-order valence-corrected chi connectivity index (χ3v) is 7.89. The third kappa shape index (κ3) is 6.18. The fourth-order valence-corrected chi connectivity index (χ4v) is 4.94. The number of carbonyl (C=O) groups is 1. The standard InChI is InChI=1S/C12H20N2O6S3/c1-3-22(17,18)13-8-6-10-4-5-12(21-10)23(19,20)14(2)9-7-11(15)16/h4-5,13H,3,6-9H2,1-2H3,(H,15,16). The van der Waals surface area contributed by atoms with Crippen LogP contribution in [0.4, 0.5) is 0 Å². The van der Waals surface area contributed by atoms with Gasteiger partial charge in [-0.3, -0.25) is 4.79 Å². The molecule has 1 aromatic heterocycles. The summed E-state index contributed by atoms with van der Waals surface area (Å²) in [4.78, 5) is 11.3. The van der Waals surface area contributed by atoms with Crippen LogP contribution in [0.2, 0.25) is 0 Å². The second kappa shape index (κ2) is 8.20. The quantitative estimate of drug-likeness (QED) is 0.599. The molecular formula is C12H20N2O6S3. The Morgan fingerprint density at radius 1 is 1.30 bits per heavy atom. The molecule has 0 unspecified atom stereocenters. The highest BCUT2D eigenvalue weighted by molar-refractivity contribution is 7.91. The molecule has 0 aliphatic heterocycles. The fourth-order valence-electron chi connectivity index (χ4n) is 1.59. The maximum absolute atomic E-state index is 12.3. The Hall–Kier alpha value is -1.01. The van der Waals surface area contributed by atoms with Crippen molar-refractivity contribution in [3.8, 4) is 0 Å². The lowest BCUT2D eigenvalue weighted by Gasteiger charge is -2.14. The average molecular weight is 385 g/mol. The number of carboxylic acids is 1. The van der Waals surface area contributed by atoms with Gasteiger partial charge >= 0.3 is 5.97 Å². The Morgan fingerprint density at radius 3 is 2.52 bits per heavy atom. The van der Waals surface area contributed by atoms with Crippen molar-refractivity contribution in [2.24, 2.45) is 0 Å². The second-order valence-electron chi connectivity index (χ2n) is 4.74. The zero-order valence-electron chi connectivity index (χ0n) is 12.9. The van der Waals surface area contributed by atoms with Crippen molar-refractivity contribution in [2.45, 2.75) is 24.0 Å². The molecule has 0 saturated heterocycles. The molecule has 2 N–H and O–H groups in total. The molecule has 0 fully saturated rings. The van der Waals surface area contributed by atoms with Gasteiger partial charge in [-0.15, -0.1) is 11.3 Å². The molecular weight excluding hydrogens is 364 g/mol. The Bertz CT molecular complexity index is 739. The first-order chi connectivity index (χ1) is 10.6. The molecule has 0 aliphatic rings.